The zero-order valence-electron chi connectivity index (χ0n) is 24.1. The summed E-state index contributed by atoms with van der Waals surface area (Å²) in [6.07, 6.45) is 22.5. The number of quaternary nitrogens is 1. The lowest BCUT2D eigenvalue weighted by Gasteiger charge is -2.32. The van der Waals surface area contributed by atoms with Crippen LogP contribution in [-0.2, 0) is 13.3 Å². The van der Waals surface area contributed by atoms with Crippen molar-refractivity contribution in [3.63, 3.8) is 0 Å². The van der Waals surface area contributed by atoms with Crippen LogP contribution in [0.3, 0.4) is 0 Å². The molecule has 0 atom stereocenters. The lowest BCUT2D eigenvalue weighted by molar-refractivity contribution is -0.890. The summed E-state index contributed by atoms with van der Waals surface area (Å²) in [5, 5.41) is 0. The molecule has 6 heteroatoms. The zero-order valence-corrected chi connectivity index (χ0v) is 25.9. The Hall–Kier alpha value is 0.347. The topological polar surface area (TPSA) is 27.7 Å². The maximum absolute atomic E-state index is 6.00. The van der Waals surface area contributed by atoms with Crippen molar-refractivity contribution in [1.82, 2.24) is 0 Å². The minimum atomic E-state index is -2.48. The third kappa shape index (κ3) is 21.6. The Morgan fingerprint density at radius 2 is 0.794 bits per heavy atom. The van der Waals surface area contributed by atoms with Crippen LogP contribution in [0.15, 0.2) is 0 Å². The molecule has 0 fully saturated rings. The summed E-state index contributed by atoms with van der Waals surface area (Å²) < 4.78 is 19.1. The Balaban J connectivity index is 0. The smallest absolute Gasteiger partial charge is 0.501 e. The van der Waals surface area contributed by atoms with Crippen molar-refractivity contribution in [2.45, 2.75) is 136 Å². The molecule has 0 bridgehead atoms. The van der Waals surface area contributed by atoms with Crippen LogP contribution in [0.1, 0.15) is 130 Å². The highest BCUT2D eigenvalue weighted by Crippen LogP contribution is 2.20. The van der Waals surface area contributed by atoms with Crippen molar-refractivity contribution in [3.05, 3.63) is 0 Å². The number of hydrogen-bond donors (Lipinski definition) is 0. The lowest BCUT2D eigenvalue weighted by Crippen LogP contribution is -3.00. The molecule has 0 aromatic rings. The molecule has 0 radical (unpaired) electrons. The molecule has 0 saturated carbocycles. The second kappa shape index (κ2) is 25.0. The van der Waals surface area contributed by atoms with Gasteiger partial charge >= 0.3 is 8.80 Å². The normalized spacial score (nSPS) is 12.2. The predicted molar refractivity (Wildman–Crippen MR) is 147 cm³/mol. The van der Waals surface area contributed by atoms with E-state index in [4.69, 9.17) is 13.3 Å². The van der Waals surface area contributed by atoms with Crippen LogP contribution in [0.4, 0.5) is 0 Å². The standard InChI is InChI=1S/C28H62NO3Si.ClH/c1-7-11-12-13-14-15-16-17-18-19-20-21-22-23-24-26-29(5,6)27-25-28-33(30-8-2,31-9-3)32-10-4;/h7-28H2,1-6H3;1H/q+1;/p-1. The molecule has 0 aliphatic heterocycles. The van der Waals surface area contributed by atoms with Crippen molar-refractivity contribution >= 4 is 8.80 Å². The predicted octanol–water partition coefficient (Wildman–Crippen LogP) is 5.38. The number of unbranched alkanes of at least 4 members (excludes halogenated alkanes) is 14. The molecular formula is C28H62ClNO3Si. The summed E-state index contributed by atoms with van der Waals surface area (Å²) in [6, 6.07) is 0.934. The van der Waals surface area contributed by atoms with E-state index in [1.165, 1.54) is 109 Å². The number of rotatable bonds is 26. The van der Waals surface area contributed by atoms with Crippen LogP contribution in [0.2, 0.25) is 6.04 Å². The number of hydrogen-bond acceptors (Lipinski definition) is 3. The first-order valence-corrected chi connectivity index (χ1v) is 16.6. The lowest BCUT2D eigenvalue weighted by atomic mass is 10.0. The summed E-state index contributed by atoms with van der Waals surface area (Å²) in [4.78, 5) is 0. The van der Waals surface area contributed by atoms with E-state index < -0.39 is 8.80 Å². The molecule has 0 aromatic heterocycles. The highest BCUT2D eigenvalue weighted by molar-refractivity contribution is 6.60. The van der Waals surface area contributed by atoms with Gasteiger partial charge in [-0.2, -0.15) is 0 Å². The van der Waals surface area contributed by atoms with E-state index >= 15 is 0 Å². The second-order valence-corrected chi connectivity index (χ2v) is 13.2. The van der Waals surface area contributed by atoms with Crippen LogP contribution < -0.4 is 12.4 Å². The summed E-state index contributed by atoms with van der Waals surface area (Å²) in [5.74, 6) is 0. The third-order valence-electron chi connectivity index (χ3n) is 6.71. The summed E-state index contributed by atoms with van der Waals surface area (Å²) in [5.41, 5.74) is 0. The zero-order chi connectivity index (χ0) is 24.7. The highest BCUT2D eigenvalue weighted by atomic mass is 35.5. The summed E-state index contributed by atoms with van der Waals surface area (Å²) in [7, 11) is 2.26. The quantitative estimate of drug-likeness (QED) is 0.0865. The second-order valence-electron chi connectivity index (χ2n) is 10.4. The van der Waals surface area contributed by atoms with E-state index in [1.807, 2.05) is 20.8 Å². The third-order valence-corrected chi connectivity index (χ3v) is 9.86. The van der Waals surface area contributed by atoms with Crippen molar-refractivity contribution < 1.29 is 30.2 Å². The van der Waals surface area contributed by atoms with Gasteiger partial charge in [0.25, 0.3) is 0 Å². The Morgan fingerprint density at radius 1 is 0.471 bits per heavy atom. The first-order valence-electron chi connectivity index (χ1n) is 14.7. The Labute approximate surface area is 222 Å². The fourth-order valence-electron chi connectivity index (χ4n) is 4.75. The fraction of sp³-hybridized carbons (Fsp3) is 1.00. The molecule has 34 heavy (non-hydrogen) atoms. The minimum absolute atomic E-state index is 0. The molecule has 0 aromatic carbocycles. The van der Waals surface area contributed by atoms with Gasteiger partial charge in [0, 0.05) is 32.3 Å². The van der Waals surface area contributed by atoms with Gasteiger partial charge in [-0.15, -0.1) is 0 Å². The fourth-order valence-corrected chi connectivity index (χ4v) is 7.34. The molecule has 0 spiro atoms. The van der Waals surface area contributed by atoms with E-state index in [2.05, 4.69) is 21.0 Å². The van der Waals surface area contributed by atoms with Gasteiger partial charge in [0.05, 0.1) is 27.2 Å². The van der Waals surface area contributed by atoms with Gasteiger partial charge in [0.15, 0.2) is 0 Å². The van der Waals surface area contributed by atoms with Crippen LogP contribution in [0.25, 0.3) is 0 Å². The van der Waals surface area contributed by atoms with Gasteiger partial charge in [-0.1, -0.05) is 90.4 Å². The first-order chi connectivity index (χ1) is 15.9. The van der Waals surface area contributed by atoms with Crippen molar-refractivity contribution in [3.8, 4) is 0 Å². The molecule has 0 N–H and O–H groups in total. The molecule has 0 heterocycles. The van der Waals surface area contributed by atoms with E-state index in [1.54, 1.807) is 0 Å². The molecular weight excluding hydrogens is 462 g/mol. The van der Waals surface area contributed by atoms with Crippen molar-refractivity contribution in [2.24, 2.45) is 0 Å². The Bertz CT molecular complexity index is 396. The van der Waals surface area contributed by atoms with Gasteiger partial charge in [-0.05, 0) is 33.6 Å². The van der Waals surface area contributed by atoms with Crippen LogP contribution in [-0.4, -0.2) is 60.3 Å². The molecule has 208 valence electrons. The summed E-state index contributed by atoms with van der Waals surface area (Å²) >= 11 is 0. The summed E-state index contributed by atoms with van der Waals surface area (Å²) in [6.45, 7) is 12.9. The van der Waals surface area contributed by atoms with Crippen LogP contribution in [0, 0.1) is 0 Å². The van der Waals surface area contributed by atoms with E-state index in [9.17, 15) is 0 Å². The largest absolute Gasteiger partial charge is 1.00 e. The monoisotopic (exact) mass is 523 g/mol. The maximum Gasteiger partial charge on any atom is 0.501 e. The van der Waals surface area contributed by atoms with E-state index in [0.29, 0.717) is 19.8 Å². The minimum Gasteiger partial charge on any atom is -1.00 e. The molecule has 0 rings (SSSR count). The molecule has 0 amide bonds. The maximum atomic E-state index is 6.00. The Morgan fingerprint density at radius 3 is 1.15 bits per heavy atom. The highest BCUT2D eigenvalue weighted by Gasteiger charge is 2.40. The number of halogens is 1. The van der Waals surface area contributed by atoms with Gasteiger partial charge < -0.3 is 30.2 Å². The first kappa shape index (κ1) is 36.5. The average Bonchev–Trinajstić information content (AvgIpc) is 2.77. The Kier molecular flexibility index (Phi) is 26.9. The van der Waals surface area contributed by atoms with Gasteiger partial charge in [0.1, 0.15) is 0 Å². The average molecular weight is 524 g/mol. The molecule has 0 aliphatic rings. The molecule has 0 saturated heterocycles. The molecule has 0 unspecified atom stereocenters. The van der Waals surface area contributed by atoms with E-state index in [0.717, 1.165) is 16.9 Å². The molecule has 0 aliphatic carbocycles. The van der Waals surface area contributed by atoms with Gasteiger partial charge in [0.2, 0.25) is 0 Å². The van der Waals surface area contributed by atoms with Gasteiger partial charge in [-0.25, -0.2) is 0 Å². The van der Waals surface area contributed by atoms with Crippen molar-refractivity contribution in [1.29, 1.82) is 0 Å². The SMILES string of the molecule is CCCCCCCCCCCCCCCCC[N+](C)(C)CCC[Si](OCC)(OCC)OCC.[Cl-]. The molecule has 4 nitrogen and oxygen atoms in total. The van der Waals surface area contributed by atoms with Crippen LogP contribution in [0.5, 0.6) is 0 Å². The van der Waals surface area contributed by atoms with E-state index in [-0.39, 0.29) is 12.4 Å². The van der Waals surface area contributed by atoms with Crippen LogP contribution >= 0.6 is 0 Å². The number of nitrogens with zero attached hydrogens (tertiary/aromatic N) is 1. The van der Waals surface area contributed by atoms with Crippen molar-refractivity contribution in [2.75, 3.05) is 47.0 Å². The van der Waals surface area contributed by atoms with Gasteiger partial charge in [-0.3, -0.25) is 0 Å².